The van der Waals surface area contributed by atoms with Crippen molar-refractivity contribution in [2.45, 2.75) is 24.7 Å². The standard InChI is InChI=1S/C11H12ClNO4/c12-8-3-1-7(2-4-8)9-5-11(14)17-6-10(9)13(15)16/h1-4,9-11,14H,5-6H2/t9-,10+,11-/m0/s1. The van der Waals surface area contributed by atoms with Crippen molar-refractivity contribution in [3.05, 3.63) is 45.0 Å². The third-order valence-corrected chi connectivity index (χ3v) is 3.20. The number of nitro groups is 1. The number of rotatable bonds is 2. The summed E-state index contributed by atoms with van der Waals surface area (Å²) in [6.45, 7) is -0.0680. The fraction of sp³-hybridized carbons (Fsp3) is 0.455. The maximum Gasteiger partial charge on any atom is 0.243 e. The van der Waals surface area contributed by atoms with Crippen LogP contribution < -0.4 is 0 Å². The molecule has 0 radical (unpaired) electrons. The molecule has 1 aliphatic rings. The molecular weight excluding hydrogens is 246 g/mol. The van der Waals surface area contributed by atoms with Crippen LogP contribution in [0.15, 0.2) is 24.3 Å². The highest BCUT2D eigenvalue weighted by Gasteiger charge is 2.39. The van der Waals surface area contributed by atoms with Crippen LogP contribution in [-0.2, 0) is 4.74 Å². The molecule has 5 nitrogen and oxygen atoms in total. The highest BCUT2D eigenvalue weighted by molar-refractivity contribution is 6.30. The molecule has 1 fully saturated rings. The smallest absolute Gasteiger partial charge is 0.243 e. The fourth-order valence-electron chi connectivity index (χ4n) is 2.04. The lowest BCUT2D eigenvalue weighted by molar-refractivity contribution is -0.538. The van der Waals surface area contributed by atoms with E-state index >= 15 is 0 Å². The molecule has 0 aliphatic carbocycles. The predicted octanol–water partition coefficient (Wildman–Crippen LogP) is 1.81. The van der Waals surface area contributed by atoms with Gasteiger partial charge in [0.05, 0.1) is 5.92 Å². The Balaban J connectivity index is 2.25. The largest absolute Gasteiger partial charge is 0.368 e. The Kier molecular flexibility index (Phi) is 3.61. The number of nitrogens with zero attached hydrogens (tertiary/aromatic N) is 1. The van der Waals surface area contributed by atoms with E-state index in [2.05, 4.69) is 0 Å². The van der Waals surface area contributed by atoms with E-state index in [0.717, 1.165) is 5.56 Å². The number of aliphatic hydroxyl groups is 1. The van der Waals surface area contributed by atoms with Crippen molar-refractivity contribution in [3.63, 3.8) is 0 Å². The van der Waals surface area contributed by atoms with Gasteiger partial charge in [0.15, 0.2) is 6.29 Å². The van der Waals surface area contributed by atoms with Crippen LogP contribution in [0.2, 0.25) is 5.02 Å². The molecule has 0 saturated carbocycles. The number of ether oxygens (including phenoxy) is 1. The summed E-state index contributed by atoms with van der Waals surface area (Å²) in [4.78, 5) is 10.6. The van der Waals surface area contributed by atoms with Gasteiger partial charge in [0.1, 0.15) is 6.61 Å². The summed E-state index contributed by atoms with van der Waals surface area (Å²) < 4.78 is 4.92. The van der Waals surface area contributed by atoms with Gasteiger partial charge in [-0.05, 0) is 17.7 Å². The molecule has 0 bridgehead atoms. The topological polar surface area (TPSA) is 72.6 Å². The first kappa shape index (κ1) is 12.3. The molecule has 1 aliphatic heterocycles. The maximum absolute atomic E-state index is 10.9. The molecule has 1 saturated heterocycles. The van der Waals surface area contributed by atoms with Crippen molar-refractivity contribution in [1.29, 1.82) is 0 Å². The van der Waals surface area contributed by atoms with E-state index in [1.54, 1.807) is 24.3 Å². The second kappa shape index (κ2) is 5.00. The van der Waals surface area contributed by atoms with Crippen molar-refractivity contribution in [2.24, 2.45) is 0 Å². The zero-order valence-electron chi connectivity index (χ0n) is 8.95. The van der Waals surface area contributed by atoms with Gasteiger partial charge in [0, 0.05) is 16.4 Å². The Morgan fingerprint density at radius 2 is 2.06 bits per heavy atom. The van der Waals surface area contributed by atoms with Crippen molar-refractivity contribution < 1.29 is 14.8 Å². The first-order valence-corrected chi connectivity index (χ1v) is 5.64. The zero-order valence-corrected chi connectivity index (χ0v) is 9.71. The molecule has 0 aromatic heterocycles. The average molecular weight is 258 g/mol. The second-order valence-corrected chi connectivity index (χ2v) is 4.47. The number of aliphatic hydroxyl groups excluding tert-OH is 1. The second-order valence-electron chi connectivity index (χ2n) is 4.03. The number of hydrogen-bond donors (Lipinski definition) is 1. The molecule has 1 aromatic carbocycles. The number of benzene rings is 1. The Morgan fingerprint density at radius 3 is 2.65 bits per heavy atom. The third-order valence-electron chi connectivity index (χ3n) is 2.95. The van der Waals surface area contributed by atoms with Gasteiger partial charge >= 0.3 is 0 Å². The van der Waals surface area contributed by atoms with Gasteiger partial charge < -0.3 is 9.84 Å². The van der Waals surface area contributed by atoms with E-state index in [1.165, 1.54) is 0 Å². The highest BCUT2D eigenvalue weighted by atomic mass is 35.5. The summed E-state index contributed by atoms with van der Waals surface area (Å²) in [6, 6.07) is 6.06. The van der Waals surface area contributed by atoms with Crippen molar-refractivity contribution in [2.75, 3.05) is 6.61 Å². The van der Waals surface area contributed by atoms with Crippen LogP contribution in [0, 0.1) is 10.1 Å². The van der Waals surface area contributed by atoms with E-state index < -0.39 is 12.3 Å². The van der Waals surface area contributed by atoms with Crippen LogP contribution in [0.4, 0.5) is 0 Å². The van der Waals surface area contributed by atoms with E-state index in [0.29, 0.717) is 5.02 Å². The Morgan fingerprint density at radius 1 is 1.41 bits per heavy atom. The molecule has 1 aromatic rings. The van der Waals surface area contributed by atoms with Crippen LogP contribution in [0.25, 0.3) is 0 Å². The maximum atomic E-state index is 10.9. The molecule has 1 heterocycles. The van der Waals surface area contributed by atoms with Gasteiger partial charge in [-0.2, -0.15) is 0 Å². The lowest BCUT2D eigenvalue weighted by Gasteiger charge is -2.29. The van der Waals surface area contributed by atoms with Crippen LogP contribution in [0.1, 0.15) is 17.9 Å². The monoisotopic (exact) mass is 257 g/mol. The molecule has 0 spiro atoms. The third kappa shape index (κ3) is 2.74. The first-order valence-electron chi connectivity index (χ1n) is 5.26. The Bertz CT molecular complexity index is 408. The van der Waals surface area contributed by atoms with E-state index in [9.17, 15) is 15.2 Å². The fourth-order valence-corrected chi connectivity index (χ4v) is 2.17. The van der Waals surface area contributed by atoms with Crippen LogP contribution >= 0.6 is 11.6 Å². The summed E-state index contributed by atoms with van der Waals surface area (Å²) in [5.74, 6) is -0.342. The Labute approximate surface area is 103 Å². The van der Waals surface area contributed by atoms with Gasteiger partial charge in [-0.1, -0.05) is 23.7 Å². The molecule has 92 valence electrons. The van der Waals surface area contributed by atoms with Crippen molar-refractivity contribution in [1.82, 2.24) is 0 Å². The molecule has 0 amide bonds. The lowest BCUT2D eigenvalue weighted by atomic mass is 9.87. The van der Waals surface area contributed by atoms with Crippen molar-refractivity contribution in [3.8, 4) is 0 Å². The van der Waals surface area contributed by atoms with Gasteiger partial charge in [-0.25, -0.2) is 0 Å². The van der Waals surface area contributed by atoms with Gasteiger partial charge in [-0.3, -0.25) is 10.1 Å². The highest BCUT2D eigenvalue weighted by Crippen LogP contribution is 2.31. The molecule has 17 heavy (non-hydrogen) atoms. The summed E-state index contributed by atoms with van der Waals surface area (Å²) >= 11 is 5.77. The zero-order chi connectivity index (χ0) is 12.4. The lowest BCUT2D eigenvalue weighted by Crippen LogP contribution is -2.40. The van der Waals surface area contributed by atoms with E-state index in [4.69, 9.17) is 16.3 Å². The predicted molar refractivity (Wildman–Crippen MR) is 61.6 cm³/mol. The minimum Gasteiger partial charge on any atom is -0.368 e. The van der Waals surface area contributed by atoms with Gasteiger partial charge in [-0.15, -0.1) is 0 Å². The van der Waals surface area contributed by atoms with Gasteiger partial charge in [0.25, 0.3) is 0 Å². The first-order chi connectivity index (χ1) is 8.08. The summed E-state index contributed by atoms with van der Waals surface area (Å²) in [7, 11) is 0. The van der Waals surface area contributed by atoms with E-state index in [-0.39, 0.29) is 23.9 Å². The molecule has 0 unspecified atom stereocenters. The molecule has 3 atom stereocenters. The van der Waals surface area contributed by atoms with Crippen LogP contribution in [0.3, 0.4) is 0 Å². The minimum atomic E-state index is -0.938. The van der Waals surface area contributed by atoms with Crippen molar-refractivity contribution >= 4 is 11.6 Å². The molecule has 2 rings (SSSR count). The molecule has 1 N–H and O–H groups in total. The summed E-state index contributed by atoms with van der Waals surface area (Å²) in [5.41, 5.74) is 0.804. The Hall–Kier alpha value is -1.17. The normalized spacial score (nSPS) is 28.9. The van der Waals surface area contributed by atoms with Crippen LogP contribution in [0.5, 0.6) is 0 Å². The van der Waals surface area contributed by atoms with E-state index in [1.807, 2.05) is 0 Å². The number of hydrogen-bond acceptors (Lipinski definition) is 4. The number of halogens is 1. The van der Waals surface area contributed by atoms with Crippen LogP contribution in [-0.4, -0.2) is 29.0 Å². The summed E-state index contributed by atoms with van der Waals surface area (Å²) in [5, 5.41) is 20.9. The summed E-state index contributed by atoms with van der Waals surface area (Å²) in [6.07, 6.45) is -0.709. The molecular formula is C11H12ClNO4. The minimum absolute atomic E-state index is 0.0680. The quantitative estimate of drug-likeness (QED) is 0.648. The SMILES string of the molecule is O=[N+]([O-])[C@@H]1CO[C@H](O)C[C@H]1c1ccc(Cl)cc1. The van der Waals surface area contributed by atoms with Gasteiger partial charge in [0.2, 0.25) is 6.04 Å². The molecule has 6 heteroatoms. The average Bonchev–Trinajstić information content (AvgIpc) is 2.29.